The Kier molecular flexibility index (Phi) is 4.85. The van der Waals surface area contributed by atoms with Crippen molar-refractivity contribution in [3.63, 3.8) is 0 Å². The van der Waals surface area contributed by atoms with Gasteiger partial charge in [0.15, 0.2) is 0 Å². The fourth-order valence-corrected chi connectivity index (χ4v) is 3.99. The Balaban J connectivity index is 1.42. The fourth-order valence-electron chi connectivity index (χ4n) is 3.68. The lowest BCUT2D eigenvalue weighted by molar-refractivity contribution is -0.132. The number of aromatic nitrogens is 2. The van der Waals surface area contributed by atoms with E-state index in [4.69, 9.17) is 0 Å². The van der Waals surface area contributed by atoms with Crippen LogP contribution in [0.1, 0.15) is 12.8 Å². The van der Waals surface area contributed by atoms with Crippen LogP contribution in [-0.2, 0) is 4.79 Å². The molecule has 0 saturated carbocycles. The number of nitrogens with zero attached hydrogens (tertiary/aromatic N) is 5. The Labute approximate surface area is 155 Å². The summed E-state index contributed by atoms with van der Waals surface area (Å²) in [5.41, 5.74) is 2.91. The van der Waals surface area contributed by atoms with Gasteiger partial charge in [-0.3, -0.25) is 19.7 Å². The van der Waals surface area contributed by atoms with Crippen LogP contribution < -0.4 is 4.90 Å². The van der Waals surface area contributed by atoms with E-state index in [9.17, 15) is 4.79 Å². The molecule has 0 N–H and O–H groups in total. The molecule has 7 heteroatoms. The monoisotopic (exact) mass is 403 g/mol. The molecule has 2 aromatic rings. The first-order chi connectivity index (χ1) is 12.2. The summed E-state index contributed by atoms with van der Waals surface area (Å²) in [6.07, 6.45) is 6.08. The van der Waals surface area contributed by atoms with Gasteiger partial charge in [0.2, 0.25) is 5.91 Å². The van der Waals surface area contributed by atoms with E-state index in [1.54, 1.807) is 0 Å². The largest absolute Gasteiger partial charge is 0.366 e. The Bertz CT molecular complexity index is 769. The molecule has 0 spiro atoms. The molecule has 2 fully saturated rings. The van der Waals surface area contributed by atoms with Crippen LogP contribution in [0.5, 0.6) is 0 Å². The summed E-state index contributed by atoms with van der Waals surface area (Å²) in [6.45, 7) is 5.92. The average molecular weight is 404 g/mol. The third-order valence-electron chi connectivity index (χ3n) is 5.05. The van der Waals surface area contributed by atoms with Crippen LogP contribution in [0.25, 0.3) is 11.0 Å². The van der Waals surface area contributed by atoms with Crippen LogP contribution in [0.2, 0.25) is 0 Å². The third-order valence-corrected chi connectivity index (χ3v) is 5.49. The minimum atomic E-state index is 0.267. The van der Waals surface area contributed by atoms with Gasteiger partial charge in [0.1, 0.15) is 5.52 Å². The summed E-state index contributed by atoms with van der Waals surface area (Å²) in [7, 11) is 0. The minimum absolute atomic E-state index is 0.267. The lowest BCUT2D eigenvalue weighted by atomic mass is 10.2. The SMILES string of the molecule is O=C(CN1CCCC1)N1CCN(c2ccnc3cc(Br)cnc23)CC1. The van der Waals surface area contributed by atoms with Gasteiger partial charge in [-0.15, -0.1) is 0 Å². The number of piperazine rings is 1. The van der Waals surface area contributed by atoms with Crippen molar-refractivity contribution in [2.75, 3.05) is 50.7 Å². The molecule has 0 aliphatic carbocycles. The lowest BCUT2D eigenvalue weighted by Gasteiger charge is -2.36. The number of hydrogen-bond acceptors (Lipinski definition) is 5. The number of fused-ring (bicyclic) bond motifs is 1. The zero-order valence-corrected chi connectivity index (χ0v) is 15.8. The van der Waals surface area contributed by atoms with Gasteiger partial charge < -0.3 is 9.80 Å². The maximum Gasteiger partial charge on any atom is 0.236 e. The number of likely N-dealkylation sites (tertiary alicyclic amines) is 1. The van der Waals surface area contributed by atoms with E-state index >= 15 is 0 Å². The predicted octanol–water partition coefficient (Wildman–Crippen LogP) is 2.14. The fraction of sp³-hybridized carbons (Fsp3) is 0.500. The van der Waals surface area contributed by atoms with Crippen LogP contribution in [-0.4, -0.2) is 71.5 Å². The summed E-state index contributed by atoms with van der Waals surface area (Å²) >= 11 is 3.45. The summed E-state index contributed by atoms with van der Waals surface area (Å²) in [4.78, 5) is 28.0. The maximum absolute atomic E-state index is 12.5. The van der Waals surface area contributed by atoms with E-state index in [0.717, 1.165) is 60.5 Å². The first-order valence-corrected chi connectivity index (χ1v) is 9.65. The minimum Gasteiger partial charge on any atom is -0.366 e. The highest BCUT2D eigenvalue weighted by atomic mass is 79.9. The Morgan fingerprint density at radius 1 is 1.08 bits per heavy atom. The highest BCUT2D eigenvalue weighted by Gasteiger charge is 2.24. The van der Waals surface area contributed by atoms with Gasteiger partial charge in [0.25, 0.3) is 0 Å². The molecule has 2 saturated heterocycles. The highest BCUT2D eigenvalue weighted by molar-refractivity contribution is 9.10. The summed E-state index contributed by atoms with van der Waals surface area (Å²) in [5.74, 6) is 0.267. The number of amides is 1. The van der Waals surface area contributed by atoms with Crippen molar-refractivity contribution in [2.24, 2.45) is 0 Å². The van der Waals surface area contributed by atoms with Gasteiger partial charge in [0.05, 0.1) is 17.7 Å². The zero-order chi connectivity index (χ0) is 17.2. The van der Waals surface area contributed by atoms with E-state index in [1.807, 2.05) is 29.4 Å². The second-order valence-corrected chi connectivity index (χ2v) is 7.62. The van der Waals surface area contributed by atoms with E-state index in [2.05, 4.69) is 35.7 Å². The average Bonchev–Trinajstić information content (AvgIpc) is 3.14. The molecule has 0 bridgehead atoms. The van der Waals surface area contributed by atoms with Crippen molar-refractivity contribution >= 4 is 38.6 Å². The number of carbonyl (C=O) groups is 1. The smallest absolute Gasteiger partial charge is 0.236 e. The van der Waals surface area contributed by atoms with Gasteiger partial charge in [-0.1, -0.05) is 0 Å². The van der Waals surface area contributed by atoms with Crippen LogP contribution in [0.3, 0.4) is 0 Å². The summed E-state index contributed by atoms with van der Waals surface area (Å²) in [6, 6.07) is 4.01. The van der Waals surface area contributed by atoms with E-state index in [-0.39, 0.29) is 5.91 Å². The maximum atomic E-state index is 12.5. The predicted molar refractivity (Wildman–Crippen MR) is 102 cm³/mol. The molecule has 2 aliphatic rings. The second-order valence-electron chi connectivity index (χ2n) is 6.70. The standard InChI is InChI=1S/C18H22BrN5O/c19-14-11-15-18(21-12-14)16(3-4-20-15)23-7-9-24(10-8-23)17(25)13-22-5-1-2-6-22/h3-4,11-12H,1-2,5-10,13H2. The third kappa shape index (κ3) is 3.62. The van der Waals surface area contributed by atoms with Crippen molar-refractivity contribution in [1.29, 1.82) is 0 Å². The van der Waals surface area contributed by atoms with Gasteiger partial charge >= 0.3 is 0 Å². The molecule has 0 atom stereocenters. The quantitative estimate of drug-likeness (QED) is 0.785. The Morgan fingerprint density at radius 2 is 1.84 bits per heavy atom. The molecule has 0 radical (unpaired) electrons. The molecule has 4 rings (SSSR count). The zero-order valence-electron chi connectivity index (χ0n) is 14.2. The first kappa shape index (κ1) is 16.7. The highest BCUT2D eigenvalue weighted by Crippen LogP contribution is 2.26. The molecular formula is C18H22BrN5O. The molecule has 0 unspecified atom stereocenters. The molecular weight excluding hydrogens is 382 g/mol. The van der Waals surface area contributed by atoms with Crippen molar-refractivity contribution in [1.82, 2.24) is 19.8 Å². The number of anilines is 1. The van der Waals surface area contributed by atoms with Gasteiger partial charge in [-0.2, -0.15) is 0 Å². The summed E-state index contributed by atoms with van der Waals surface area (Å²) in [5, 5.41) is 0. The van der Waals surface area contributed by atoms with Crippen molar-refractivity contribution in [3.05, 3.63) is 29.0 Å². The van der Waals surface area contributed by atoms with Crippen LogP contribution in [0.4, 0.5) is 5.69 Å². The van der Waals surface area contributed by atoms with Gasteiger partial charge in [0, 0.05) is 43.0 Å². The molecule has 132 valence electrons. The number of pyridine rings is 2. The summed E-state index contributed by atoms with van der Waals surface area (Å²) < 4.78 is 0.932. The Hall–Kier alpha value is -1.73. The number of carbonyl (C=O) groups excluding carboxylic acids is 1. The number of halogens is 1. The normalized spacial score (nSPS) is 18.9. The van der Waals surface area contributed by atoms with E-state index in [0.29, 0.717) is 6.54 Å². The van der Waals surface area contributed by atoms with Crippen LogP contribution in [0.15, 0.2) is 29.0 Å². The van der Waals surface area contributed by atoms with Crippen LogP contribution in [0, 0.1) is 0 Å². The van der Waals surface area contributed by atoms with Crippen LogP contribution >= 0.6 is 15.9 Å². The second kappa shape index (κ2) is 7.25. The van der Waals surface area contributed by atoms with Gasteiger partial charge in [-0.05, 0) is 54.0 Å². The Morgan fingerprint density at radius 3 is 2.60 bits per heavy atom. The van der Waals surface area contributed by atoms with E-state index < -0.39 is 0 Å². The number of hydrogen-bond donors (Lipinski definition) is 0. The number of rotatable bonds is 3. The van der Waals surface area contributed by atoms with E-state index in [1.165, 1.54) is 12.8 Å². The topological polar surface area (TPSA) is 52.6 Å². The lowest BCUT2D eigenvalue weighted by Crippen LogP contribution is -2.51. The van der Waals surface area contributed by atoms with Crippen molar-refractivity contribution in [3.8, 4) is 0 Å². The van der Waals surface area contributed by atoms with Gasteiger partial charge in [-0.25, -0.2) is 0 Å². The molecule has 6 nitrogen and oxygen atoms in total. The molecule has 2 aromatic heterocycles. The molecule has 25 heavy (non-hydrogen) atoms. The molecule has 2 aliphatic heterocycles. The molecule has 0 aromatic carbocycles. The van der Waals surface area contributed by atoms with Crippen molar-refractivity contribution < 1.29 is 4.79 Å². The molecule has 4 heterocycles. The molecule has 1 amide bonds. The first-order valence-electron chi connectivity index (χ1n) is 8.86. The van der Waals surface area contributed by atoms with Crippen molar-refractivity contribution in [2.45, 2.75) is 12.8 Å².